The summed E-state index contributed by atoms with van der Waals surface area (Å²) in [7, 11) is 1.65. The van der Waals surface area contributed by atoms with Crippen molar-refractivity contribution in [3.63, 3.8) is 0 Å². The highest BCUT2D eigenvalue weighted by Crippen LogP contribution is 2.42. The van der Waals surface area contributed by atoms with Crippen molar-refractivity contribution in [2.24, 2.45) is 5.92 Å². The molecule has 31 heavy (non-hydrogen) atoms. The van der Waals surface area contributed by atoms with E-state index >= 15 is 0 Å². The van der Waals surface area contributed by atoms with E-state index in [1.807, 2.05) is 30.3 Å². The van der Waals surface area contributed by atoms with Gasteiger partial charge in [0.2, 0.25) is 5.91 Å². The second-order valence-electron chi connectivity index (χ2n) is 9.39. The minimum absolute atomic E-state index is 0.0558. The molecule has 6 nitrogen and oxygen atoms in total. The van der Waals surface area contributed by atoms with Crippen molar-refractivity contribution in [3.8, 4) is 5.75 Å². The molecule has 2 aliphatic carbocycles. The molecule has 0 spiro atoms. The van der Waals surface area contributed by atoms with Gasteiger partial charge in [-0.2, -0.15) is 5.10 Å². The summed E-state index contributed by atoms with van der Waals surface area (Å²) in [5.41, 5.74) is 1.39. The van der Waals surface area contributed by atoms with Crippen molar-refractivity contribution in [2.75, 3.05) is 7.11 Å². The fourth-order valence-corrected chi connectivity index (χ4v) is 4.64. The Kier molecular flexibility index (Phi) is 6.17. The molecule has 166 valence electrons. The summed E-state index contributed by atoms with van der Waals surface area (Å²) in [6.45, 7) is 4.55. The minimum Gasteiger partial charge on any atom is -0.497 e. The second kappa shape index (κ2) is 8.85. The first-order chi connectivity index (χ1) is 14.9. The second-order valence-corrected chi connectivity index (χ2v) is 9.39. The maximum atomic E-state index is 13.6. The molecular weight excluding hydrogens is 390 g/mol. The van der Waals surface area contributed by atoms with Crippen LogP contribution in [0.15, 0.2) is 41.2 Å². The quantitative estimate of drug-likeness (QED) is 0.701. The number of benzene rings is 1. The summed E-state index contributed by atoms with van der Waals surface area (Å²) in [4.78, 5) is 26.1. The average Bonchev–Trinajstić information content (AvgIpc) is 3.50. The monoisotopic (exact) mass is 423 g/mol. The zero-order valence-electron chi connectivity index (χ0n) is 18.8. The summed E-state index contributed by atoms with van der Waals surface area (Å²) < 4.78 is 6.82. The van der Waals surface area contributed by atoms with E-state index in [4.69, 9.17) is 4.74 Å². The standard InChI is InChI=1S/C25H33N3O3/c1-17(2)22(16-28-23(29)13-12-21(27-28)18-6-7-18)26-24(30)25(14-4-5-15-25)19-8-10-20(31-3)11-9-19/h8-13,17-18,22H,4-7,14-16H2,1-3H3,(H,26,30)/t22-/m0/s1. The molecule has 0 unspecified atom stereocenters. The van der Waals surface area contributed by atoms with Gasteiger partial charge in [-0.3, -0.25) is 9.59 Å². The van der Waals surface area contributed by atoms with E-state index in [0.29, 0.717) is 12.5 Å². The van der Waals surface area contributed by atoms with Gasteiger partial charge in [0.05, 0.1) is 30.8 Å². The van der Waals surface area contributed by atoms with Gasteiger partial charge in [0, 0.05) is 12.0 Å². The average molecular weight is 424 g/mol. The number of carbonyl (C=O) groups is 1. The Morgan fingerprint density at radius 2 is 1.84 bits per heavy atom. The molecule has 6 heteroatoms. The topological polar surface area (TPSA) is 73.2 Å². The van der Waals surface area contributed by atoms with E-state index in [1.165, 1.54) is 4.68 Å². The van der Waals surface area contributed by atoms with Gasteiger partial charge >= 0.3 is 0 Å². The number of aromatic nitrogens is 2. The van der Waals surface area contributed by atoms with Gasteiger partial charge in [0.25, 0.3) is 5.56 Å². The Morgan fingerprint density at radius 1 is 1.16 bits per heavy atom. The smallest absolute Gasteiger partial charge is 0.266 e. The number of ether oxygens (including phenoxy) is 1. The lowest BCUT2D eigenvalue weighted by Crippen LogP contribution is -2.51. The first kappa shape index (κ1) is 21.6. The molecule has 4 rings (SSSR count). The Labute approximate surface area is 184 Å². The minimum atomic E-state index is -0.520. The number of hydrogen-bond donors (Lipinski definition) is 1. The highest BCUT2D eigenvalue weighted by atomic mass is 16.5. The number of amides is 1. The molecule has 2 aromatic rings. The van der Waals surface area contributed by atoms with Crippen molar-refractivity contribution < 1.29 is 9.53 Å². The summed E-state index contributed by atoms with van der Waals surface area (Å²) in [5, 5.41) is 7.89. The van der Waals surface area contributed by atoms with Gasteiger partial charge in [-0.25, -0.2) is 4.68 Å². The molecule has 1 N–H and O–H groups in total. The van der Waals surface area contributed by atoms with E-state index in [1.54, 1.807) is 13.2 Å². The Balaban J connectivity index is 1.56. The van der Waals surface area contributed by atoms with Crippen LogP contribution in [0, 0.1) is 5.92 Å². The lowest BCUT2D eigenvalue weighted by Gasteiger charge is -2.32. The molecule has 1 aromatic carbocycles. The largest absolute Gasteiger partial charge is 0.497 e. The summed E-state index contributed by atoms with van der Waals surface area (Å²) in [5.74, 6) is 1.51. The van der Waals surface area contributed by atoms with E-state index in [2.05, 4.69) is 24.3 Å². The maximum Gasteiger partial charge on any atom is 0.266 e. The van der Waals surface area contributed by atoms with Crippen molar-refractivity contribution >= 4 is 5.91 Å². The molecule has 2 aliphatic rings. The highest BCUT2D eigenvalue weighted by Gasteiger charge is 2.43. The van der Waals surface area contributed by atoms with Crippen molar-refractivity contribution in [2.45, 2.75) is 76.3 Å². The predicted octanol–water partition coefficient (Wildman–Crippen LogP) is 3.78. The molecule has 0 aliphatic heterocycles. The van der Waals surface area contributed by atoms with E-state index in [-0.39, 0.29) is 23.4 Å². The molecule has 1 aromatic heterocycles. The van der Waals surface area contributed by atoms with E-state index < -0.39 is 5.41 Å². The molecule has 1 amide bonds. The van der Waals surface area contributed by atoms with Crippen LogP contribution in [0.2, 0.25) is 0 Å². The maximum absolute atomic E-state index is 13.6. The zero-order valence-corrected chi connectivity index (χ0v) is 18.8. The number of nitrogens with one attached hydrogen (secondary N) is 1. The summed E-state index contributed by atoms with van der Waals surface area (Å²) in [6, 6.07) is 11.2. The van der Waals surface area contributed by atoms with Crippen LogP contribution in [0.1, 0.15) is 69.5 Å². The first-order valence-corrected chi connectivity index (χ1v) is 11.5. The third-order valence-corrected chi connectivity index (χ3v) is 6.91. The number of carbonyl (C=O) groups excluding carboxylic acids is 1. The van der Waals surface area contributed by atoms with Crippen LogP contribution in [0.3, 0.4) is 0 Å². The first-order valence-electron chi connectivity index (χ1n) is 11.5. The van der Waals surface area contributed by atoms with Gasteiger partial charge in [-0.05, 0) is 55.4 Å². The van der Waals surface area contributed by atoms with E-state index in [9.17, 15) is 9.59 Å². The van der Waals surface area contributed by atoms with Crippen molar-refractivity contribution in [1.82, 2.24) is 15.1 Å². The zero-order chi connectivity index (χ0) is 22.0. The summed E-state index contributed by atoms with van der Waals surface area (Å²) in [6.07, 6.45) is 6.03. The third-order valence-electron chi connectivity index (χ3n) is 6.91. The number of rotatable bonds is 8. The number of hydrogen-bond acceptors (Lipinski definition) is 4. The summed E-state index contributed by atoms with van der Waals surface area (Å²) >= 11 is 0. The fourth-order valence-electron chi connectivity index (χ4n) is 4.64. The Hall–Kier alpha value is -2.63. The third kappa shape index (κ3) is 4.53. The van der Waals surface area contributed by atoms with Crippen LogP contribution in [0.4, 0.5) is 0 Å². The van der Waals surface area contributed by atoms with Crippen LogP contribution in [-0.4, -0.2) is 28.8 Å². The van der Waals surface area contributed by atoms with Crippen molar-refractivity contribution in [3.05, 3.63) is 58.0 Å². The Morgan fingerprint density at radius 3 is 2.42 bits per heavy atom. The number of nitrogens with zero attached hydrogens (tertiary/aromatic N) is 2. The van der Waals surface area contributed by atoms with Gasteiger partial charge in [-0.1, -0.05) is 38.8 Å². The molecule has 1 atom stereocenters. The number of methoxy groups -OCH3 is 1. The highest BCUT2D eigenvalue weighted by molar-refractivity contribution is 5.89. The van der Waals surface area contributed by atoms with Crippen LogP contribution >= 0.6 is 0 Å². The van der Waals surface area contributed by atoms with Crippen molar-refractivity contribution in [1.29, 1.82) is 0 Å². The molecule has 0 saturated heterocycles. The lowest BCUT2D eigenvalue weighted by atomic mass is 9.77. The SMILES string of the molecule is COc1ccc(C2(C(=O)N[C@@H](Cn3nc(C4CC4)ccc3=O)C(C)C)CCCC2)cc1. The molecule has 1 heterocycles. The molecule has 2 fully saturated rings. The van der Waals surface area contributed by atoms with Crippen LogP contribution < -0.4 is 15.6 Å². The van der Waals surface area contributed by atoms with Gasteiger partial charge in [-0.15, -0.1) is 0 Å². The Bertz CT molecular complexity index is 970. The fraction of sp³-hybridized carbons (Fsp3) is 0.560. The van der Waals surface area contributed by atoms with Crippen LogP contribution in [-0.2, 0) is 16.8 Å². The van der Waals surface area contributed by atoms with Crippen LogP contribution in [0.5, 0.6) is 5.75 Å². The molecule has 0 bridgehead atoms. The van der Waals surface area contributed by atoms with E-state index in [0.717, 1.165) is 55.5 Å². The van der Waals surface area contributed by atoms with Gasteiger partial charge < -0.3 is 10.1 Å². The normalized spacial score (nSPS) is 18.7. The lowest BCUT2D eigenvalue weighted by molar-refractivity contribution is -0.127. The predicted molar refractivity (Wildman–Crippen MR) is 120 cm³/mol. The van der Waals surface area contributed by atoms with Gasteiger partial charge in [0.15, 0.2) is 0 Å². The van der Waals surface area contributed by atoms with Gasteiger partial charge in [0.1, 0.15) is 5.75 Å². The molecule has 2 saturated carbocycles. The van der Waals surface area contributed by atoms with Crippen LogP contribution in [0.25, 0.3) is 0 Å². The molecule has 0 radical (unpaired) electrons. The molecular formula is C25H33N3O3.